The lowest BCUT2D eigenvalue weighted by Gasteiger charge is -2.22. The molecule has 0 bridgehead atoms. The number of urea groups is 1. The second kappa shape index (κ2) is 11.6. The number of anilines is 2. The Morgan fingerprint density at radius 2 is 1.80 bits per heavy atom. The van der Waals surface area contributed by atoms with E-state index in [-0.39, 0.29) is 25.1 Å². The highest BCUT2D eigenvalue weighted by atomic mass is 35.5. The fraction of sp³-hybridized carbons (Fsp3) is 0.320. The molecule has 10 heteroatoms. The molecule has 0 aliphatic carbocycles. The number of methoxy groups -OCH3 is 1. The fourth-order valence-corrected chi connectivity index (χ4v) is 3.63. The van der Waals surface area contributed by atoms with Crippen LogP contribution in [0.3, 0.4) is 0 Å². The summed E-state index contributed by atoms with van der Waals surface area (Å²) in [6.07, 6.45) is 0. The number of nitrogens with zero attached hydrogens (tertiary/aromatic N) is 3. The van der Waals surface area contributed by atoms with Crippen LogP contribution in [0.4, 0.5) is 16.3 Å². The van der Waals surface area contributed by atoms with Crippen molar-refractivity contribution in [2.75, 3.05) is 37.4 Å². The van der Waals surface area contributed by atoms with Crippen LogP contribution in [0.5, 0.6) is 0 Å². The van der Waals surface area contributed by atoms with Crippen molar-refractivity contribution in [2.24, 2.45) is 0 Å². The van der Waals surface area contributed by atoms with Crippen molar-refractivity contribution in [1.82, 2.24) is 14.7 Å². The fourth-order valence-electron chi connectivity index (χ4n) is 3.22. The summed E-state index contributed by atoms with van der Waals surface area (Å²) < 4.78 is 6.72. The van der Waals surface area contributed by atoms with Crippen LogP contribution in [0.25, 0.3) is 5.69 Å². The van der Waals surface area contributed by atoms with Crippen molar-refractivity contribution in [2.45, 2.75) is 26.2 Å². The third-order valence-electron chi connectivity index (χ3n) is 5.09. The van der Waals surface area contributed by atoms with E-state index in [0.717, 1.165) is 5.69 Å². The van der Waals surface area contributed by atoms with Crippen LogP contribution in [0.15, 0.2) is 54.6 Å². The molecule has 0 fully saturated rings. The van der Waals surface area contributed by atoms with E-state index in [1.807, 2.05) is 45.0 Å². The Morgan fingerprint density at radius 3 is 2.46 bits per heavy atom. The molecule has 0 radical (unpaired) electrons. The lowest BCUT2D eigenvalue weighted by atomic mass is 9.92. The molecule has 3 aromatic rings. The molecule has 2 N–H and O–H groups in total. The predicted molar refractivity (Wildman–Crippen MR) is 140 cm³/mol. The van der Waals surface area contributed by atoms with Crippen LogP contribution in [-0.4, -0.2) is 53.4 Å². The number of ether oxygens (including phenoxy) is 1. The molecule has 0 unspecified atom stereocenters. The number of hydrogen-bond acceptors (Lipinski definition) is 4. The van der Waals surface area contributed by atoms with Gasteiger partial charge in [-0.1, -0.05) is 62.2 Å². The molecular formula is C25H29Cl2N5O3. The maximum Gasteiger partial charge on any atom is 0.322 e. The van der Waals surface area contributed by atoms with Crippen molar-refractivity contribution in [3.63, 3.8) is 0 Å². The van der Waals surface area contributed by atoms with Crippen LogP contribution in [-0.2, 0) is 14.9 Å². The summed E-state index contributed by atoms with van der Waals surface area (Å²) in [5, 5.41) is 11.3. The van der Waals surface area contributed by atoms with E-state index in [1.165, 1.54) is 12.0 Å². The Hall–Kier alpha value is -3.07. The quantitative estimate of drug-likeness (QED) is 0.407. The van der Waals surface area contributed by atoms with Gasteiger partial charge in [-0.25, -0.2) is 9.48 Å². The molecule has 0 atom stereocenters. The smallest absolute Gasteiger partial charge is 0.322 e. The molecule has 0 saturated carbocycles. The third kappa shape index (κ3) is 7.21. The number of nitrogens with one attached hydrogen (secondary N) is 2. The molecular weight excluding hydrogens is 489 g/mol. The molecule has 186 valence electrons. The number of hydrogen-bond donors (Lipinski definition) is 2. The lowest BCUT2D eigenvalue weighted by molar-refractivity contribution is -0.116. The Bertz CT molecular complexity index is 1190. The van der Waals surface area contributed by atoms with Gasteiger partial charge in [-0.15, -0.1) is 0 Å². The van der Waals surface area contributed by atoms with Crippen LogP contribution in [0.2, 0.25) is 10.0 Å². The van der Waals surface area contributed by atoms with Crippen molar-refractivity contribution in [3.8, 4) is 5.69 Å². The first-order chi connectivity index (χ1) is 16.6. The van der Waals surface area contributed by atoms with E-state index in [0.29, 0.717) is 27.2 Å². The maximum atomic E-state index is 13.1. The third-order valence-corrected chi connectivity index (χ3v) is 5.64. The summed E-state index contributed by atoms with van der Waals surface area (Å²) in [6, 6.07) is 15.4. The Balaban J connectivity index is 1.82. The standard InChI is InChI=1S/C25H29Cl2N5O3/c1-25(2,3)21-15-22(32(30-21)20-11-6-5-10-19(20)27)29-23(33)16-31(12-13-35-4)24(34)28-18-9-7-8-17(26)14-18/h5-11,14-15H,12-13,16H2,1-4H3,(H,28,34)(H,29,33). The Labute approximate surface area is 215 Å². The summed E-state index contributed by atoms with van der Waals surface area (Å²) >= 11 is 12.4. The van der Waals surface area contributed by atoms with E-state index < -0.39 is 11.9 Å². The number of carbonyl (C=O) groups excluding carboxylic acids is 2. The maximum absolute atomic E-state index is 13.1. The summed E-state index contributed by atoms with van der Waals surface area (Å²) in [6.45, 7) is 6.38. The topological polar surface area (TPSA) is 88.5 Å². The van der Waals surface area contributed by atoms with Gasteiger partial charge in [0.1, 0.15) is 12.4 Å². The van der Waals surface area contributed by atoms with Gasteiger partial charge in [-0.3, -0.25) is 4.79 Å². The minimum absolute atomic E-state index is 0.200. The number of halogens is 2. The molecule has 3 rings (SSSR count). The molecule has 1 heterocycles. The van der Waals surface area contributed by atoms with Crippen molar-refractivity contribution >= 4 is 46.6 Å². The molecule has 35 heavy (non-hydrogen) atoms. The normalized spacial score (nSPS) is 11.3. The largest absolute Gasteiger partial charge is 0.383 e. The monoisotopic (exact) mass is 517 g/mol. The molecule has 0 saturated heterocycles. The molecule has 2 aromatic carbocycles. The lowest BCUT2D eigenvalue weighted by Crippen LogP contribution is -2.42. The molecule has 0 aliphatic heterocycles. The number of carbonyl (C=O) groups is 2. The van der Waals surface area contributed by atoms with E-state index in [1.54, 1.807) is 35.0 Å². The second-order valence-electron chi connectivity index (χ2n) is 8.93. The van der Waals surface area contributed by atoms with Crippen LogP contribution < -0.4 is 10.6 Å². The molecule has 8 nitrogen and oxygen atoms in total. The molecule has 1 aromatic heterocycles. The first kappa shape index (κ1) is 26.5. The van der Waals surface area contributed by atoms with Gasteiger partial charge in [-0.05, 0) is 30.3 Å². The summed E-state index contributed by atoms with van der Waals surface area (Å²) in [5.41, 5.74) is 1.68. The highest BCUT2D eigenvalue weighted by molar-refractivity contribution is 6.32. The molecule has 0 spiro atoms. The zero-order valence-corrected chi connectivity index (χ0v) is 21.7. The van der Waals surface area contributed by atoms with Gasteiger partial charge in [0.15, 0.2) is 0 Å². The van der Waals surface area contributed by atoms with Crippen LogP contribution in [0, 0.1) is 0 Å². The Kier molecular flexibility index (Phi) is 8.77. The number of benzene rings is 2. The second-order valence-corrected chi connectivity index (χ2v) is 9.77. The summed E-state index contributed by atoms with van der Waals surface area (Å²) in [5.74, 6) is 0.0611. The van der Waals surface area contributed by atoms with Gasteiger partial charge in [0.05, 0.1) is 23.0 Å². The first-order valence-corrected chi connectivity index (χ1v) is 11.8. The Morgan fingerprint density at radius 1 is 1.06 bits per heavy atom. The SMILES string of the molecule is COCCN(CC(=O)Nc1cc(C(C)(C)C)nn1-c1ccccc1Cl)C(=O)Nc1cccc(Cl)c1. The highest BCUT2D eigenvalue weighted by Gasteiger charge is 2.24. The van der Waals surface area contributed by atoms with Gasteiger partial charge in [0.2, 0.25) is 5.91 Å². The number of aromatic nitrogens is 2. The zero-order chi connectivity index (χ0) is 25.6. The van der Waals surface area contributed by atoms with Crippen LogP contribution >= 0.6 is 23.2 Å². The van der Waals surface area contributed by atoms with Crippen molar-refractivity contribution in [1.29, 1.82) is 0 Å². The van der Waals surface area contributed by atoms with Crippen LogP contribution in [0.1, 0.15) is 26.5 Å². The molecule has 3 amide bonds. The number of amides is 3. The zero-order valence-electron chi connectivity index (χ0n) is 20.1. The van der Waals surface area contributed by atoms with E-state index in [4.69, 9.17) is 27.9 Å². The highest BCUT2D eigenvalue weighted by Crippen LogP contribution is 2.29. The van der Waals surface area contributed by atoms with Gasteiger partial charge in [0.25, 0.3) is 0 Å². The average molecular weight is 518 g/mol. The van der Waals surface area contributed by atoms with Crippen molar-refractivity contribution in [3.05, 3.63) is 70.3 Å². The minimum atomic E-state index is -0.450. The van der Waals surface area contributed by atoms with Gasteiger partial charge in [-0.2, -0.15) is 5.10 Å². The van der Waals surface area contributed by atoms with E-state index in [2.05, 4.69) is 15.7 Å². The van der Waals surface area contributed by atoms with Gasteiger partial charge in [0, 0.05) is 35.8 Å². The molecule has 0 aliphatic rings. The number of para-hydroxylation sites is 1. The van der Waals surface area contributed by atoms with Crippen molar-refractivity contribution < 1.29 is 14.3 Å². The van der Waals surface area contributed by atoms with E-state index >= 15 is 0 Å². The average Bonchev–Trinajstić information content (AvgIpc) is 3.21. The predicted octanol–water partition coefficient (Wildman–Crippen LogP) is 5.60. The summed E-state index contributed by atoms with van der Waals surface area (Å²) in [7, 11) is 1.53. The minimum Gasteiger partial charge on any atom is -0.383 e. The van der Waals surface area contributed by atoms with E-state index in [9.17, 15) is 9.59 Å². The first-order valence-electron chi connectivity index (χ1n) is 11.0. The van der Waals surface area contributed by atoms with Gasteiger partial charge < -0.3 is 20.3 Å². The summed E-state index contributed by atoms with van der Waals surface area (Å²) in [4.78, 5) is 27.3. The number of rotatable bonds is 8. The van der Waals surface area contributed by atoms with Gasteiger partial charge >= 0.3 is 6.03 Å².